The van der Waals surface area contributed by atoms with E-state index in [1.54, 1.807) is 16.0 Å². The average Bonchev–Trinajstić information content (AvgIpc) is 3.00. The Labute approximate surface area is 108 Å². The molecule has 6 heteroatoms. The number of tetrazole rings is 1. The van der Waals surface area contributed by atoms with Gasteiger partial charge in [0.1, 0.15) is 0 Å². The second kappa shape index (κ2) is 4.23. The largest absolute Gasteiger partial charge is 0.399 e. The molecule has 0 saturated carbocycles. The number of hydrogen-bond acceptors (Lipinski definition) is 5. The summed E-state index contributed by atoms with van der Waals surface area (Å²) in [5.41, 5.74) is 9.53. The standard InChI is InChI=1S/C12H11N5S/c1-8-6-9(2-3-11(8)13)12-14-15-16-17(12)10-4-5-18-7-10/h2-7H,13H2,1H3. The van der Waals surface area contributed by atoms with E-state index in [9.17, 15) is 0 Å². The Morgan fingerprint density at radius 1 is 1.28 bits per heavy atom. The van der Waals surface area contributed by atoms with E-state index in [0.717, 1.165) is 28.3 Å². The zero-order chi connectivity index (χ0) is 12.5. The predicted molar refractivity (Wildman–Crippen MR) is 71.6 cm³/mol. The maximum absolute atomic E-state index is 5.82. The van der Waals surface area contributed by atoms with Gasteiger partial charge in [0.05, 0.1) is 5.69 Å². The maximum Gasteiger partial charge on any atom is 0.187 e. The molecule has 3 aromatic rings. The summed E-state index contributed by atoms with van der Waals surface area (Å²) < 4.78 is 1.72. The number of benzene rings is 1. The Bertz CT molecular complexity index is 672. The molecule has 0 fully saturated rings. The maximum atomic E-state index is 5.82. The van der Waals surface area contributed by atoms with Gasteiger partial charge in [-0.2, -0.15) is 16.0 Å². The number of nitrogens with two attached hydrogens (primary N) is 1. The Kier molecular flexibility index (Phi) is 2.56. The van der Waals surface area contributed by atoms with Crippen LogP contribution >= 0.6 is 11.3 Å². The molecule has 0 saturated heterocycles. The van der Waals surface area contributed by atoms with Crippen LogP contribution in [0.5, 0.6) is 0 Å². The number of hydrogen-bond donors (Lipinski definition) is 1. The van der Waals surface area contributed by atoms with E-state index in [1.807, 2.05) is 41.9 Å². The minimum atomic E-state index is 0.719. The van der Waals surface area contributed by atoms with Crippen molar-refractivity contribution in [2.45, 2.75) is 6.92 Å². The van der Waals surface area contributed by atoms with Crippen molar-refractivity contribution in [3.8, 4) is 17.1 Å². The predicted octanol–water partition coefficient (Wildman–Crippen LogP) is 2.28. The van der Waals surface area contributed by atoms with Crippen molar-refractivity contribution >= 4 is 17.0 Å². The Hall–Kier alpha value is -2.21. The molecule has 0 atom stereocenters. The van der Waals surface area contributed by atoms with Crippen LogP contribution in [0.25, 0.3) is 17.1 Å². The normalized spacial score (nSPS) is 10.7. The molecule has 0 amide bonds. The second-order valence-corrected chi connectivity index (χ2v) is 4.75. The third-order valence-electron chi connectivity index (χ3n) is 2.75. The van der Waals surface area contributed by atoms with Gasteiger partial charge in [-0.1, -0.05) is 0 Å². The number of nitrogens with zero attached hydrogens (tertiary/aromatic N) is 4. The number of aryl methyl sites for hydroxylation is 1. The lowest BCUT2D eigenvalue weighted by Gasteiger charge is -2.05. The van der Waals surface area contributed by atoms with Gasteiger partial charge in [0, 0.05) is 16.6 Å². The summed E-state index contributed by atoms with van der Waals surface area (Å²) in [5, 5.41) is 15.8. The molecule has 2 heterocycles. The van der Waals surface area contributed by atoms with Crippen molar-refractivity contribution in [3.63, 3.8) is 0 Å². The lowest BCUT2D eigenvalue weighted by molar-refractivity contribution is 0.793. The molecule has 0 bridgehead atoms. The van der Waals surface area contributed by atoms with Crippen LogP contribution in [0.15, 0.2) is 35.0 Å². The van der Waals surface area contributed by atoms with Crippen LogP contribution in [-0.2, 0) is 0 Å². The van der Waals surface area contributed by atoms with Crippen LogP contribution in [0.2, 0.25) is 0 Å². The fourth-order valence-electron chi connectivity index (χ4n) is 1.73. The number of anilines is 1. The molecule has 0 aliphatic carbocycles. The van der Waals surface area contributed by atoms with E-state index in [-0.39, 0.29) is 0 Å². The van der Waals surface area contributed by atoms with E-state index < -0.39 is 0 Å². The van der Waals surface area contributed by atoms with Crippen molar-refractivity contribution in [2.24, 2.45) is 0 Å². The van der Waals surface area contributed by atoms with Crippen molar-refractivity contribution in [2.75, 3.05) is 5.73 Å². The Balaban J connectivity index is 2.13. The zero-order valence-electron chi connectivity index (χ0n) is 9.74. The molecule has 90 valence electrons. The molecule has 0 aliphatic rings. The first-order chi connectivity index (χ1) is 8.75. The van der Waals surface area contributed by atoms with Crippen molar-refractivity contribution < 1.29 is 0 Å². The third kappa shape index (κ3) is 1.76. The fraction of sp³-hybridized carbons (Fsp3) is 0.0833. The first-order valence-electron chi connectivity index (χ1n) is 5.43. The van der Waals surface area contributed by atoms with Crippen molar-refractivity contribution in [1.82, 2.24) is 20.2 Å². The summed E-state index contributed by atoms with van der Waals surface area (Å²) in [4.78, 5) is 0. The molecule has 2 N–H and O–H groups in total. The summed E-state index contributed by atoms with van der Waals surface area (Å²) in [6.45, 7) is 1.97. The number of rotatable bonds is 2. The highest BCUT2D eigenvalue weighted by molar-refractivity contribution is 7.08. The summed E-state index contributed by atoms with van der Waals surface area (Å²) in [5.74, 6) is 0.719. The minimum absolute atomic E-state index is 0.719. The third-order valence-corrected chi connectivity index (χ3v) is 3.42. The van der Waals surface area contributed by atoms with Gasteiger partial charge in [-0.05, 0) is 52.6 Å². The number of aromatic nitrogens is 4. The topological polar surface area (TPSA) is 69.6 Å². The van der Waals surface area contributed by atoms with Crippen LogP contribution in [0, 0.1) is 6.92 Å². The van der Waals surface area contributed by atoms with Crippen LogP contribution in [-0.4, -0.2) is 20.2 Å². The molecular formula is C12H11N5S. The molecule has 0 spiro atoms. The quantitative estimate of drug-likeness (QED) is 0.715. The van der Waals surface area contributed by atoms with Gasteiger partial charge in [-0.3, -0.25) is 0 Å². The molecular weight excluding hydrogens is 246 g/mol. The summed E-state index contributed by atoms with van der Waals surface area (Å²) >= 11 is 1.61. The first-order valence-corrected chi connectivity index (χ1v) is 6.37. The highest BCUT2D eigenvalue weighted by atomic mass is 32.1. The van der Waals surface area contributed by atoms with E-state index in [2.05, 4.69) is 15.5 Å². The Morgan fingerprint density at radius 2 is 2.17 bits per heavy atom. The van der Waals surface area contributed by atoms with E-state index in [4.69, 9.17) is 5.73 Å². The highest BCUT2D eigenvalue weighted by Gasteiger charge is 2.11. The molecule has 0 aliphatic heterocycles. The lowest BCUT2D eigenvalue weighted by atomic mass is 10.1. The Morgan fingerprint density at radius 3 is 2.89 bits per heavy atom. The van der Waals surface area contributed by atoms with Crippen LogP contribution in [0.4, 0.5) is 5.69 Å². The second-order valence-electron chi connectivity index (χ2n) is 3.97. The van der Waals surface area contributed by atoms with Gasteiger partial charge in [0.2, 0.25) is 0 Å². The SMILES string of the molecule is Cc1cc(-c2nnnn2-c2ccsc2)ccc1N. The van der Waals surface area contributed by atoms with Crippen molar-refractivity contribution in [3.05, 3.63) is 40.6 Å². The molecule has 0 unspecified atom stereocenters. The van der Waals surface area contributed by atoms with Gasteiger partial charge in [-0.25, -0.2) is 0 Å². The zero-order valence-corrected chi connectivity index (χ0v) is 10.6. The average molecular weight is 257 g/mol. The minimum Gasteiger partial charge on any atom is -0.399 e. The first kappa shape index (κ1) is 10.9. The molecule has 2 aromatic heterocycles. The van der Waals surface area contributed by atoms with Gasteiger partial charge in [0.15, 0.2) is 5.82 Å². The van der Waals surface area contributed by atoms with Gasteiger partial charge >= 0.3 is 0 Å². The summed E-state index contributed by atoms with van der Waals surface area (Å²) in [6.07, 6.45) is 0. The van der Waals surface area contributed by atoms with Crippen molar-refractivity contribution in [1.29, 1.82) is 0 Å². The van der Waals surface area contributed by atoms with Gasteiger partial charge < -0.3 is 5.73 Å². The number of thiophene rings is 1. The number of nitrogen functional groups attached to an aromatic ring is 1. The van der Waals surface area contributed by atoms with Gasteiger partial charge in [-0.15, -0.1) is 5.10 Å². The van der Waals surface area contributed by atoms with Crippen LogP contribution in [0.3, 0.4) is 0 Å². The summed E-state index contributed by atoms with van der Waals surface area (Å²) in [7, 11) is 0. The molecule has 18 heavy (non-hydrogen) atoms. The molecule has 5 nitrogen and oxygen atoms in total. The molecule has 3 rings (SSSR count). The van der Waals surface area contributed by atoms with Crippen LogP contribution < -0.4 is 5.73 Å². The summed E-state index contributed by atoms with van der Waals surface area (Å²) in [6, 6.07) is 7.77. The molecule has 1 aromatic carbocycles. The smallest absolute Gasteiger partial charge is 0.187 e. The van der Waals surface area contributed by atoms with Gasteiger partial charge in [0.25, 0.3) is 0 Å². The van der Waals surface area contributed by atoms with E-state index in [1.165, 1.54) is 0 Å². The highest BCUT2D eigenvalue weighted by Crippen LogP contribution is 2.23. The van der Waals surface area contributed by atoms with Crippen LogP contribution in [0.1, 0.15) is 5.56 Å². The lowest BCUT2D eigenvalue weighted by Crippen LogP contribution is -1.99. The fourth-order valence-corrected chi connectivity index (χ4v) is 2.35. The molecule has 0 radical (unpaired) electrons. The monoisotopic (exact) mass is 257 g/mol. The van der Waals surface area contributed by atoms with E-state index >= 15 is 0 Å². The van der Waals surface area contributed by atoms with E-state index in [0.29, 0.717) is 0 Å².